The van der Waals surface area contributed by atoms with Crippen LogP contribution in [0.15, 0.2) is 30.6 Å². The number of hydrogen-bond donors (Lipinski definition) is 2. The van der Waals surface area contributed by atoms with Crippen LogP contribution in [0.3, 0.4) is 0 Å². The van der Waals surface area contributed by atoms with Crippen LogP contribution in [0.1, 0.15) is 48.8 Å². The molecule has 10 heteroatoms. The van der Waals surface area contributed by atoms with E-state index in [4.69, 9.17) is 21.6 Å². The van der Waals surface area contributed by atoms with E-state index in [-0.39, 0.29) is 34.3 Å². The summed E-state index contributed by atoms with van der Waals surface area (Å²) < 4.78 is 21.1. The average molecular weight is 445 g/mol. The minimum absolute atomic E-state index is 0.0321. The molecule has 0 saturated carbocycles. The van der Waals surface area contributed by atoms with Gasteiger partial charge in [-0.2, -0.15) is 10.4 Å². The van der Waals surface area contributed by atoms with E-state index in [1.165, 1.54) is 12.1 Å². The molecular formula is C21H22ClFN6O2. The van der Waals surface area contributed by atoms with Crippen molar-refractivity contribution >= 4 is 17.5 Å². The third kappa shape index (κ3) is 5.29. The molecule has 3 rings (SSSR count). The van der Waals surface area contributed by atoms with E-state index in [2.05, 4.69) is 20.4 Å². The number of H-pyrrole nitrogens is 1. The summed E-state index contributed by atoms with van der Waals surface area (Å²) in [6.07, 6.45) is 3.03. The fourth-order valence-corrected chi connectivity index (χ4v) is 3.31. The zero-order valence-corrected chi connectivity index (χ0v) is 18.1. The third-order valence-corrected chi connectivity index (χ3v) is 4.86. The number of benzene rings is 1. The minimum atomic E-state index is -0.697. The lowest BCUT2D eigenvalue weighted by atomic mass is 10.1. The van der Waals surface area contributed by atoms with Crippen molar-refractivity contribution in [3.8, 4) is 17.3 Å². The molecule has 0 bridgehead atoms. The Morgan fingerprint density at radius 1 is 1.45 bits per heavy atom. The van der Waals surface area contributed by atoms with Crippen LogP contribution >= 0.6 is 11.6 Å². The van der Waals surface area contributed by atoms with Crippen LogP contribution < -0.4 is 5.32 Å². The van der Waals surface area contributed by atoms with E-state index >= 15 is 0 Å². The Bertz CT molecular complexity index is 1100. The summed E-state index contributed by atoms with van der Waals surface area (Å²) >= 11 is 5.97. The number of aromatic amines is 1. The molecule has 0 radical (unpaired) electrons. The lowest BCUT2D eigenvalue weighted by Gasteiger charge is -2.13. The number of nitrogens with zero attached hydrogens (tertiary/aromatic N) is 4. The number of aromatic nitrogens is 4. The van der Waals surface area contributed by atoms with Gasteiger partial charge in [-0.25, -0.2) is 9.37 Å². The topological polar surface area (TPSA) is 109 Å². The second-order valence-electron chi connectivity index (χ2n) is 6.99. The van der Waals surface area contributed by atoms with Gasteiger partial charge in [-0.05, 0) is 39.0 Å². The van der Waals surface area contributed by atoms with Crippen LogP contribution in [0.5, 0.6) is 0 Å². The number of imidazole rings is 1. The van der Waals surface area contributed by atoms with Crippen LogP contribution in [0, 0.1) is 17.1 Å². The van der Waals surface area contributed by atoms with E-state index in [1.807, 2.05) is 20.8 Å². The number of halogens is 2. The quantitative estimate of drug-likeness (QED) is 0.548. The van der Waals surface area contributed by atoms with Gasteiger partial charge in [0.15, 0.2) is 0 Å². The molecule has 0 aliphatic rings. The van der Waals surface area contributed by atoms with Gasteiger partial charge in [-0.1, -0.05) is 11.6 Å². The predicted molar refractivity (Wildman–Crippen MR) is 113 cm³/mol. The molecule has 3 aromatic rings. The zero-order valence-electron chi connectivity index (χ0n) is 17.3. The van der Waals surface area contributed by atoms with Crippen LogP contribution in [0.2, 0.25) is 5.02 Å². The number of nitriles is 1. The molecule has 2 atom stereocenters. The number of carbonyl (C=O) groups is 1. The van der Waals surface area contributed by atoms with Crippen molar-refractivity contribution in [1.82, 2.24) is 25.1 Å². The van der Waals surface area contributed by atoms with Gasteiger partial charge >= 0.3 is 0 Å². The molecule has 2 heterocycles. The summed E-state index contributed by atoms with van der Waals surface area (Å²) in [4.78, 5) is 19.7. The average Bonchev–Trinajstić information content (AvgIpc) is 3.37. The maximum atomic E-state index is 14.0. The smallest absolute Gasteiger partial charge is 0.271 e. The van der Waals surface area contributed by atoms with Gasteiger partial charge in [0.25, 0.3) is 5.91 Å². The Hall–Kier alpha value is -3.22. The third-order valence-electron chi connectivity index (χ3n) is 4.56. The molecule has 2 N–H and O–H groups in total. The highest BCUT2D eigenvalue weighted by molar-refractivity contribution is 6.32. The van der Waals surface area contributed by atoms with Crippen molar-refractivity contribution < 1.29 is 13.9 Å². The summed E-state index contributed by atoms with van der Waals surface area (Å²) in [5, 5.41) is 16.2. The Labute approximate surface area is 184 Å². The van der Waals surface area contributed by atoms with E-state index in [0.29, 0.717) is 30.2 Å². The standard InChI is InChI=1S/C21H22ClFN6O2/c1-4-31-13(3)20-25-10-19(27-20)21(30)26-12(2)11-29-6-5-18(28-29)14-7-16(22)15(9-24)17(23)8-14/h5-8,10,12-13H,4,11H2,1-3H3,(H,25,27)(H,26,30). The Morgan fingerprint density at radius 3 is 2.90 bits per heavy atom. The van der Waals surface area contributed by atoms with Crippen molar-refractivity contribution in [3.63, 3.8) is 0 Å². The lowest BCUT2D eigenvalue weighted by Crippen LogP contribution is -2.36. The second-order valence-corrected chi connectivity index (χ2v) is 7.40. The number of amides is 1. The second kappa shape index (κ2) is 9.73. The number of rotatable bonds is 8. The molecule has 8 nitrogen and oxygen atoms in total. The molecular weight excluding hydrogens is 423 g/mol. The zero-order chi connectivity index (χ0) is 22.5. The van der Waals surface area contributed by atoms with Crippen molar-refractivity contribution in [2.45, 2.75) is 39.5 Å². The monoisotopic (exact) mass is 444 g/mol. The molecule has 1 amide bonds. The number of carbonyl (C=O) groups excluding carboxylic acids is 1. The molecule has 0 fully saturated rings. The van der Waals surface area contributed by atoms with Crippen molar-refractivity contribution in [2.24, 2.45) is 0 Å². The maximum absolute atomic E-state index is 14.0. The first kappa shape index (κ1) is 22.5. The fourth-order valence-electron chi connectivity index (χ4n) is 3.06. The maximum Gasteiger partial charge on any atom is 0.271 e. The molecule has 0 aliphatic heterocycles. The van der Waals surface area contributed by atoms with Crippen LogP contribution in [0.25, 0.3) is 11.3 Å². The van der Waals surface area contributed by atoms with Crippen LogP contribution in [-0.4, -0.2) is 38.3 Å². The number of nitrogens with one attached hydrogen (secondary N) is 2. The first-order valence-electron chi connectivity index (χ1n) is 9.73. The predicted octanol–water partition coefficient (Wildman–Crippen LogP) is 3.85. The molecule has 2 aromatic heterocycles. The van der Waals surface area contributed by atoms with Gasteiger partial charge in [0, 0.05) is 30.6 Å². The van der Waals surface area contributed by atoms with Gasteiger partial charge in [-0.3, -0.25) is 9.48 Å². The summed E-state index contributed by atoms with van der Waals surface area (Å²) in [5.41, 5.74) is 1.05. The SMILES string of the molecule is CCOC(C)c1nc(C(=O)NC(C)Cn2ccc(-c3cc(F)c(C#N)c(Cl)c3)n2)c[nH]1. The number of ether oxygens (including phenoxy) is 1. The number of hydrogen-bond acceptors (Lipinski definition) is 5. The largest absolute Gasteiger partial charge is 0.371 e. The molecule has 2 unspecified atom stereocenters. The first-order valence-corrected chi connectivity index (χ1v) is 10.1. The normalized spacial score (nSPS) is 12.9. The summed E-state index contributed by atoms with van der Waals surface area (Å²) in [6.45, 7) is 6.53. The van der Waals surface area contributed by atoms with Crippen molar-refractivity contribution in [1.29, 1.82) is 5.26 Å². The Morgan fingerprint density at radius 2 is 2.23 bits per heavy atom. The van der Waals surface area contributed by atoms with Crippen molar-refractivity contribution in [3.05, 3.63) is 58.5 Å². The van der Waals surface area contributed by atoms with Gasteiger partial charge in [-0.15, -0.1) is 0 Å². The summed E-state index contributed by atoms with van der Waals surface area (Å²) in [6, 6.07) is 5.92. The molecule has 162 valence electrons. The molecule has 31 heavy (non-hydrogen) atoms. The van der Waals surface area contributed by atoms with Crippen LogP contribution in [-0.2, 0) is 11.3 Å². The fraction of sp³-hybridized carbons (Fsp3) is 0.333. The summed E-state index contributed by atoms with van der Waals surface area (Å²) in [5.74, 6) is -0.422. The van der Waals surface area contributed by atoms with Gasteiger partial charge < -0.3 is 15.0 Å². The molecule has 0 spiro atoms. The van der Waals surface area contributed by atoms with Crippen LogP contribution in [0.4, 0.5) is 4.39 Å². The molecule has 1 aromatic carbocycles. The summed E-state index contributed by atoms with van der Waals surface area (Å²) in [7, 11) is 0. The van der Waals surface area contributed by atoms with E-state index in [9.17, 15) is 9.18 Å². The molecule has 0 aliphatic carbocycles. The highest BCUT2D eigenvalue weighted by Crippen LogP contribution is 2.26. The highest BCUT2D eigenvalue weighted by Gasteiger charge is 2.17. The van der Waals surface area contributed by atoms with Gasteiger partial charge in [0.05, 0.1) is 17.3 Å². The van der Waals surface area contributed by atoms with Crippen molar-refractivity contribution in [2.75, 3.05) is 6.61 Å². The Balaban J connectivity index is 1.63. The highest BCUT2D eigenvalue weighted by atomic mass is 35.5. The van der Waals surface area contributed by atoms with Gasteiger partial charge in [0.2, 0.25) is 0 Å². The molecule has 0 saturated heterocycles. The Kier molecular flexibility index (Phi) is 7.05. The minimum Gasteiger partial charge on any atom is -0.371 e. The lowest BCUT2D eigenvalue weighted by molar-refractivity contribution is 0.0705. The first-order chi connectivity index (χ1) is 14.8. The van der Waals surface area contributed by atoms with E-state index < -0.39 is 5.82 Å². The van der Waals surface area contributed by atoms with E-state index in [1.54, 1.807) is 29.2 Å². The van der Waals surface area contributed by atoms with E-state index in [0.717, 1.165) is 0 Å². The van der Waals surface area contributed by atoms with Gasteiger partial charge in [0.1, 0.15) is 35.1 Å².